The first-order valence-corrected chi connectivity index (χ1v) is 12.6. The number of aliphatic hydroxyl groups is 1. The number of rotatable bonds is 9. The molecule has 0 atom stereocenters. The molecule has 0 spiro atoms. The molecule has 0 aliphatic heterocycles. The molecule has 37 heavy (non-hydrogen) atoms. The monoisotopic (exact) mass is 536 g/mol. The molecule has 0 amide bonds. The quantitative estimate of drug-likeness (QED) is 0.246. The van der Waals surface area contributed by atoms with Gasteiger partial charge in [0.05, 0.1) is 23.6 Å². The molecule has 2 heterocycles. The SMILES string of the molecule is N#Cc1c(N)nc(SCc2csc(Nc3ccc(F)cc3F)n2)c(C#N)c1-c1ccc(OCCO)cc1. The lowest BCUT2D eigenvalue weighted by Gasteiger charge is -2.13. The summed E-state index contributed by atoms with van der Waals surface area (Å²) in [4.78, 5) is 8.70. The van der Waals surface area contributed by atoms with Crippen molar-refractivity contribution in [1.82, 2.24) is 9.97 Å². The number of nitrogens with two attached hydrogens (primary N) is 1. The molecule has 0 aliphatic rings. The van der Waals surface area contributed by atoms with Gasteiger partial charge in [-0.2, -0.15) is 10.5 Å². The Bertz CT molecular complexity index is 1510. The molecule has 8 nitrogen and oxygen atoms in total. The number of hydrogen-bond donors (Lipinski definition) is 3. The molecular formula is C25H18F2N6O2S2. The number of ether oxygens (including phenoxy) is 1. The van der Waals surface area contributed by atoms with Crippen LogP contribution in [-0.2, 0) is 5.75 Å². The van der Waals surface area contributed by atoms with Crippen LogP contribution in [0.4, 0.5) is 25.4 Å². The molecule has 0 radical (unpaired) electrons. The van der Waals surface area contributed by atoms with Gasteiger partial charge in [0.15, 0.2) is 5.13 Å². The maximum Gasteiger partial charge on any atom is 0.187 e. The van der Waals surface area contributed by atoms with Crippen molar-refractivity contribution in [2.24, 2.45) is 0 Å². The van der Waals surface area contributed by atoms with Crippen LogP contribution in [0.1, 0.15) is 16.8 Å². The van der Waals surface area contributed by atoms with Gasteiger partial charge in [0.1, 0.15) is 52.5 Å². The lowest BCUT2D eigenvalue weighted by molar-refractivity contribution is 0.201. The van der Waals surface area contributed by atoms with E-state index >= 15 is 0 Å². The first kappa shape index (κ1) is 25.9. The minimum absolute atomic E-state index is 0.00738. The van der Waals surface area contributed by atoms with E-state index in [9.17, 15) is 19.3 Å². The molecule has 4 rings (SSSR count). The van der Waals surface area contributed by atoms with Crippen molar-refractivity contribution in [3.8, 4) is 29.0 Å². The number of thioether (sulfide) groups is 1. The Morgan fingerprint density at radius 3 is 2.51 bits per heavy atom. The third-order valence-corrected chi connectivity index (χ3v) is 6.82. The van der Waals surface area contributed by atoms with Gasteiger partial charge in [-0.15, -0.1) is 11.3 Å². The minimum Gasteiger partial charge on any atom is -0.491 e. The average Bonchev–Trinajstić information content (AvgIpc) is 3.35. The molecule has 4 N–H and O–H groups in total. The van der Waals surface area contributed by atoms with Crippen LogP contribution >= 0.6 is 23.1 Å². The molecule has 12 heteroatoms. The molecule has 0 fully saturated rings. The summed E-state index contributed by atoms with van der Waals surface area (Å²) < 4.78 is 32.4. The van der Waals surface area contributed by atoms with Gasteiger partial charge in [0.25, 0.3) is 0 Å². The standard InChI is InChI=1S/C25H18F2N6O2S2/c26-15-3-6-21(20(27)9-15)32-25-31-16(13-37-25)12-36-24-19(11-29)22(18(10-28)23(30)33-24)14-1-4-17(5-2-14)35-8-7-34/h1-6,9,13,34H,7-8,12H2,(H2,30,33)(H,31,32). The highest BCUT2D eigenvalue weighted by atomic mass is 32.2. The highest BCUT2D eigenvalue weighted by Crippen LogP contribution is 2.37. The Kier molecular flexibility index (Phi) is 8.15. The van der Waals surface area contributed by atoms with Gasteiger partial charge in [0, 0.05) is 22.8 Å². The summed E-state index contributed by atoms with van der Waals surface area (Å²) in [7, 11) is 0. The van der Waals surface area contributed by atoms with E-state index in [-0.39, 0.29) is 35.8 Å². The Hall–Kier alpha value is -4.23. The molecule has 0 unspecified atom stereocenters. The van der Waals surface area contributed by atoms with Gasteiger partial charge < -0.3 is 20.9 Å². The summed E-state index contributed by atoms with van der Waals surface area (Å²) in [5.74, 6) is -0.564. The third kappa shape index (κ3) is 5.95. The lowest BCUT2D eigenvalue weighted by atomic mass is 9.97. The molecule has 0 saturated heterocycles. The van der Waals surface area contributed by atoms with Crippen LogP contribution < -0.4 is 15.8 Å². The molecule has 4 aromatic rings. The largest absolute Gasteiger partial charge is 0.491 e. The maximum absolute atomic E-state index is 13.9. The Morgan fingerprint density at radius 1 is 1.08 bits per heavy atom. The number of nitrogen functional groups attached to an aromatic ring is 1. The van der Waals surface area contributed by atoms with Crippen LogP contribution in [0.25, 0.3) is 11.1 Å². The molecule has 2 aromatic heterocycles. The van der Waals surface area contributed by atoms with Crippen LogP contribution in [0.3, 0.4) is 0 Å². The lowest BCUT2D eigenvalue weighted by Crippen LogP contribution is -2.04. The van der Waals surface area contributed by atoms with E-state index in [2.05, 4.69) is 21.4 Å². The first-order chi connectivity index (χ1) is 17.9. The summed E-state index contributed by atoms with van der Waals surface area (Å²) in [5.41, 5.74) is 8.05. The van der Waals surface area contributed by atoms with Crippen LogP contribution in [0.2, 0.25) is 0 Å². The fraction of sp³-hybridized carbons (Fsp3) is 0.120. The smallest absolute Gasteiger partial charge is 0.187 e. The topological polar surface area (TPSA) is 141 Å². The van der Waals surface area contributed by atoms with E-state index in [1.807, 2.05) is 6.07 Å². The normalized spacial score (nSPS) is 10.5. The Balaban J connectivity index is 1.58. The maximum atomic E-state index is 13.9. The zero-order chi connectivity index (χ0) is 26.4. The van der Waals surface area contributed by atoms with Crippen molar-refractivity contribution in [2.75, 3.05) is 24.3 Å². The van der Waals surface area contributed by atoms with E-state index in [0.29, 0.717) is 38.5 Å². The summed E-state index contributed by atoms with van der Waals surface area (Å²) in [6, 6.07) is 14.1. The van der Waals surface area contributed by atoms with Crippen molar-refractivity contribution in [3.63, 3.8) is 0 Å². The summed E-state index contributed by atoms with van der Waals surface area (Å²) in [5, 5.41) is 33.9. The number of benzene rings is 2. The second-order valence-corrected chi connectivity index (χ2v) is 9.25. The van der Waals surface area contributed by atoms with Crippen molar-refractivity contribution in [2.45, 2.75) is 10.8 Å². The van der Waals surface area contributed by atoms with Gasteiger partial charge in [-0.1, -0.05) is 23.9 Å². The Morgan fingerprint density at radius 2 is 1.84 bits per heavy atom. The van der Waals surface area contributed by atoms with Crippen LogP contribution in [0.5, 0.6) is 5.75 Å². The van der Waals surface area contributed by atoms with E-state index < -0.39 is 11.6 Å². The van der Waals surface area contributed by atoms with E-state index in [1.165, 1.54) is 29.2 Å². The second kappa shape index (κ2) is 11.7. The van der Waals surface area contributed by atoms with Crippen LogP contribution in [0.15, 0.2) is 52.9 Å². The number of pyridine rings is 1. The summed E-state index contributed by atoms with van der Waals surface area (Å²) in [6.45, 7) is 0.0158. The molecule has 2 aromatic carbocycles. The fourth-order valence-corrected chi connectivity index (χ4v) is 5.07. The van der Waals surface area contributed by atoms with Crippen LogP contribution in [0, 0.1) is 34.3 Å². The zero-order valence-corrected chi connectivity index (χ0v) is 20.7. The molecule has 0 bridgehead atoms. The van der Waals surface area contributed by atoms with E-state index in [1.54, 1.807) is 29.6 Å². The number of nitriles is 2. The molecule has 186 valence electrons. The molecule has 0 saturated carbocycles. The fourth-order valence-electron chi connectivity index (χ4n) is 3.35. The van der Waals surface area contributed by atoms with E-state index in [0.717, 1.165) is 12.1 Å². The van der Waals surface area contributed by atoms with Gasteiger partial charge in [-0.05, 0) is 29.8 Å². The van der Waals surface area contributed by atoms with Gasteiger partial charge >= 0.3 is 0 Å². The number of anilines is 3. The van der Waals surface area contributed by atoms with Gasteiger partial charge in [0.2, 0.25) is 0 Å². The molecule has 0 aliphatic carbocycles. The van der Waals surface area contributed by atoms with Crippen molar-refractivity contribution in [3.05, 3.63) is 76.3 Å². The number of aliphatic hydroxyl groups excluding tert-OH is 1. The second-order valence-electron chi connectivity index (χ2n) is 7.43. The number of hydrogen-bond acceptors (Lipinski definition) is 10. The molecular weight excluding hydrogens is 518 g/mol. The highest BCUT2D eigenvalue weighted by Gasteiger charge is 2.21. The predicted molar refractivity (Wildman–Crippen MR) is 137 cm³/mol. The van der Waals surface area contributed by atoms with Crippen molar-refractivity contribution < 1.29 is 18.6 Å². The third-order valence-electron chi connectivity index (χ3n) is 5.00. The van der Waals surface area contributed by atoms with E-state index in [4.69, 9.17) is 15.6 Å². The number of aromatic nitrogens is 2. The zero-order valence-electron chi connectivity index (χ0n) is 19.0. The summed E-state index contributed by atoms with van der Waals surface area (Å²) >= 11 is 2.46. The average molecular weight is 537 g/mol. The van der Waals surface area contributed by atoms with Gasteiger partial charge in [-0.25, -0.2) is 18.7 Å². The van der Waals surface area contributed by atoms with Crippen molar-refractivity contribution >= 4 is 39.7 Å². The number of nitrogens with one attached hydrogen (secondary N) is 1. The number of thiazole rings is 1. The summed E-state index contributed by atoms with van der Waals surface area (Å²) in [6.07, 6.45) is 0. The highest BCUT2D eigenvalue weighted by molar-refractivity contribution is 7.98. The van der Waals surface area contributed by atoms with Crippen LogP contribution in [-0.4, -0.2) is 28.3 Å². The van der Waals surface area contributed by atoms with Crippen molar-refractivity contribution in [1.29, 1.82) is 10.5 Å². The predicted octanol–water partition coefficient (Wildman–Crippen LogP) is 5.22. The Labute approximate surface area is 219 Å². The van der Waals surface area contributed by atoms with Gasteiger partial charge in [-0.3, -0.25) is 0 Å². The number of halogens is 2. The minimum atomic E-state index is -0.734. The first-order valence-electron chi connectivity index (χ1n) is 10.7. The number of nitrogens with zero attached hydrogens (tertiary/aromatic N) is 4.